The smallest absolute Gasteiger partial charge is 0.373 e. The van der Waals surface area contributed by atoms with Crippen LogP contribution in [-0.2, 0) is 0 Å². The topological polar surface area (TPSA) is 90.2 Å². The standard InChI is InChI=1S/C17H13ClN4O3/c1-11-7-8-12(18)9-14(11)21-16-15(22(23)24)17(20-10-19-16)25-13-5-3-2-4-6-13/h2-10H,1H3,(H,19,20,21). The van der Waals surface area contributed by atoms with Gasteiger partial charge in [-0.2, -0.15) is 4.98 Å². The summed E-state index contributed by atoms with van der Waals surface area (Å²) in [5.41, 5.74) is 1.12. The fourth-order valence-electron chi connectivity index (χ4n) is 2.15. The van der Waals surface area contributed by atoms with E-state index in [1.165, 1.54) is 6.33 Å². The summed E-state index contributed by atoms with van der Waals surface area (Å²) in [6.45, 7) is 1.85. The molecule has 2 aromatic carbocycles. The van der Waals surface area contributed by atoms with Gasteiger partial charge >= 0.3 is 11.6 Å². The number of aromatic nitrogens is 2. The molecule has 0 aliphatic carbocycles. The van der Waals surface area contributed by atoms with Crippen molar-refractivity contribution in [2.75, 3.05) is 5.32 Å². The van der Waals surface area contributed by atoms with E-state index in [1.54, 1.807) is 42.5 Å². The van der Waals surface area contributed by atoms with Crippen molar-refractivity contribution in [3.8, 4) is 11.6 Å². The number of anilines is 2. The van der Waals surface area contributed by atoms with Gasteiger partial charge in [-0.25, -0.2) is 4.98 Å². The minimum absolute atomic E-state index is 0.0243. The minimum atomic E-state index is -0.583. The fraction of sp³-hybridized carbons (Fsp3) is 0.0588. The summed E-state index contributed by atoms with van der Waals surface area (Å²) in [4.78, 5) is 18.8. The first kappa shape index (κ1) is 16.7. The van der Waals surface area contributed by atoms with Crippen LogP contribution in [-0.4, -0.2) is 14.9 Å². The van der Waals surface area contributed by atoms with E-state index in [-0.39, 0.29) is 17.4 Å². The maximum absolute atomic E-state index is 11.6. The predicted octanol–water partition coefficient (Wildman–Crippen LogP) is 4.88. The number of rotatable bonds is 5. The molecule has 3 aromatic rings. The third-order valence-electron chi connectivity index (χ3n) is 3.38. The number of aryl methyl sites for hydroxylation is 1. The third kappa shape index (κ3) is 3.84. The van der Waals surface area contributed by atoms with Crippen LogP contribution in [0.1, 0.15) is 5.56 Å². The average Bonchev–Trinajstić information content (AvgIpc) is 2.59. The number of benzene rings is 2. The fourth-order valence-corrected chi connectivity index (χ4v) is 2.32. The molecule has 126 valence electrons. The minimum Gasteiger partial charge on any atom is -0.434 e. The Morgan fingerprint density at radius 3 is 2.64 bits per heavy atom. The number of para-hydroxylation sites is 1. The zero-order chi connectivity index (χ0) is 17.8. The number of hydrogen-bond donors (Lipinski definition) is 1. The number of halogens is 1. The van der Waals surface area contributed by atoms with Gasteiger partial charge < -0.3 is 10.1 Å². The Morgan fingerprint density at radius 2 is 1.92 bits per heavy atom. The van der Waals surface area contributed by atoms with Crippen molar-refractivity contribution in [3.05, 3.63) is 75.6 Å². The van der Waals surface area contributed by atoms with Gasteiger partial charge in [-0.15, -0.1) is 0 Å². The molecule has 0 aliphatic heterocycles. The molecule has 25 heavy (non-hydrogen) atoms. The average molecular weight is 357 g/mol. The maximum atomic E-state index is 11.6. The highest BCUT2D eigenvalue weighted by atomic mass is 35.5. The monoisotopic (exact) mass is 356 g/mol. The Balaban J connectivity index is 2.01. The van der Waals surface area contributed by atoms with E-state index in [0.717, 1.165) is 5.56 Å². The highest BCUT2D eigenvalue weighted by Gasteiger charge is 2.25. The summed E-state index contributed by atoms with van der Waals surface area (Å²) in [7, 11) is 0. The highest BCUT2D eigenvalue weighted by molar-refractivity contribution is 6.30. The summed E-state index contributed by atoms with van der Waals surface area (Å²) < 4.78 is 5.54. The quantitative estimate of drug-likeness (QED) is 0.517. The Bertz CT molecular complexity index is 919. The van der Waals surface area contributed by atoms with Gasteiger partial charge in [0.2, 0.25) is 5.82 Å². The summed E-state index contributed by atoms with van der Waals surface area (Å²) in [5.74, 6) is 0.318. The van der Waals surface area contributed by atoms with Crippen molar-refractivity contribution in [3.63, 3.8) is 0 Å². The van der Waals surface area contributed by atoms with Crippen molar-refractivity contribution in [2.45, 2.75) is 6.92 Å². The third-order valence-corrected chi connectivity index (χ3v) is 3.62. The van der Waals surface area contributed by atoms with Gasteiger partial charge in [0.15, 0.2) is 0 Å². The van der Waals surface area contributed by atoms with E-state index in [9.17, 15) is 10.1 Å². The SMILES string of the molecule is Cc1ccc(Cl)cc1Nc1ncnc(Oc2ccccc2)c1[N+](=O)[O-]. The summed E-state index contributed by atoms with van der Waals surface area (Å²) in [6.07, 6.45) is 1.20. The van der Waals surface area contributed by atoms with E-state index in [2.05, 4.69) is 15.3 Å². The second-order valence-electron chi connectivity index (χ2n) is 5.13. The highest BCUT2D eigenvalue weighted by Crippen LogP contribution is 2.36. The first-order chi connectivity index (χ1) is 12.0. The van der Waals surface area contributed by atoms with E-state index in [1.807, 2.05) is 13.0 Å². The number of hydrogen-bond acceptors (Lipinski definition) is 6. The van der Waals surface area contributed by atoms with Gasteiger partial charge in [0, 0.05) is 10.7 Å². The molecule has 0 atom stereocenters. The number of nitro groups is 1. The van der Waals surface area contributed by atoms with Crippen LogP contribution >= 0.6 is 11.6 Å². The summed E-state index contributed by atoms with van der Waals surface area (Å²) >= 11 is 5.99. The molecule has 0 fully saturated rings. The molecule has 7 nitrogen and oxygen atoms in total. The van der Waals surface area contributed by atoms with Crippen molar-refractivity contribution in [1.82, 2.24) is 9.97 Å². The normalized spacial score (nSPS) is 10.3. The summed E-state index contributed by atoms with van der Waals surface area (Å²) in [5, 5.41) is 15.0. The van der Waals surface area contributed by atoms with Crippen molar-refractivity contribution in [1.29, 1.82) is 0 Å². The van der Waals surface area contributed by atoms with Gasteiger partial charge in [-0.05, 0) is 36.8 Å². The van der Waals surface area contributed by atoms with E-state index < -0.39 is 4.92 Å². The van der Waals surface area contributed by atoms with Crippen LogP contribution in [0.25, 0.3) is 0 Å². The largest absolute Gasteiger partial charge is 0.434 e. The Labute approximate surface area is 148 Å². The zero-order valence-corrected chi connectivity index (χ0v) is 13.9. The van der Waals surface area contributed by atoms with Gasteiger partial charge in [-0.1, -0.05) is 35.9 Å². The molecule has 1 heterocycles. The Kier molecular flexibility index (Phi) is 4.76. The second-order valence-corrected chi connectivity index (χ2v) is 5.57. The van der Waals surface area contributed by atoms with Crippen LogP contribution in [0.4, 0.5) is 17.2 Å². The van der Waals surface area contributed by atoms with Gasteiger partial charge in [0.25, 0.3) is 0 Å². The van der Waals surface area contributed by atoms with Crippen LogP contribution in [0.2, 0.25) is 5.02 Å². The van der Waals surface area contributed by atoms with Gasteiger partial charge in [0.05, 0.1) is 4.92 Å². The molecule has 0 radical (unpaired) electrons. The molecular weight excluding hydrogens is 344 g/mol. The lowest BCUT2D eigenvalue weighted by Crippen LogP contribution is -2.04. The molecule has 0 bridgehead atoms. The Hall–Kier alpha value is -3.19. The maximum Gasteiger partial charge on any atom is 0.373 e. The van der Waals surface area contributed by atoms with Gasteiger partial charge in [0.1, 0.15) is 12.1 Å². The summed E-state index contributed by atoms with van der Waals surface area (Å²) in [6, 6.07) is 13.9. The molecular formula is C17H13ClN4O3. The molecule has 1 N–H and O–H groups in total. The van der Waals surface area contributed by atoms with Crippen molar-refractivity contribution < 1.29 is 9.66 Å². The van der Waals surface area contributed by atoms with Crippen LogP contribution in [0.15, 0.2) is 54.9 Å². The predicted molar refractivity (Wildman–Crippen MR) is 94.7 cm³/mol. The van der Waals surface area contributed by atoms with Crippen LogP contribution in [0.3, 0.4) is 0 Å². The molecule has 0 amide bonds. The molecule has 0 saturated heterocycles. The molecule has 0 spiro atoms. The van der Waals surface area contributed by atoms with E-state index in [4.69, 9.17) is 16.3 Å². The van der Waals surface area contributed by atoms with E-state index in [0.29, 0.717) is 16.5 Å². The number of ether oxygens (including phenoxy) is 1. The lowest BCUT2D eigenvalue weighted by atomic mass is 10.2. The molecule has 0 unspecified atom stereocenters. The van der Waals surface area contributed by atoms with Crippen LogP contribution in [0.5, 0.6) is 11.6 Å². The molecule has 8 heteroatoms. The first-order valence-electron chi connectivity index (χ1n) is 7.30. The lowest BCUT2D eigenvalue weighted by Gasteiger charge is -2.11. The Morgan fingerprint density at radius 1 is 1.16 bits per heavy atom. The first-order valence-corrected chi connectivity index (χ1v) is 7.68. The molecule has 0 saturated carbocycles. The molecule has 1 aromatic heterocycles. The van der Waals surface area contributed by atoms with Gasteiger partial charge in [-0.3, -0.25) is 10.1 Å². The number of nitrogens with one attached hydrogen (secondary N) is 1. The van der Waals surface area contributed by atoms with E-state index >= 15 is 0 Å². The zero-order valence-electron chi connectivity index (χ0n) is 13.1. The van der Waals surface area contributed by atoms with Crippen molar-refractivity contribution in [2.24, 2.45) is 0 Å². The van der Waals surface area contributed by atoms with Crippen LogP contribution in [0, 0.1) is 17.0 Å². The lowest BCUT2D eigenvalue weighted by molar-refractivity contribution is -0.385. The second kappa shape index (κ2) is 7.14. The van der Waals surface area contributed by atoms with Crippen LogP contribution < -0.4 is 10.1 Å². The molecule has 3 rings (SSSR count). The number of nitrogens with zero attached hydrogens (tertiary/aromatic N) is 3. The van der Waals surface area contributed by atoms with Crippen molar-refractivity contribution >= 4 is 28.8 Å². The molecule has 0 aliphatic rings.